The highest BCUT2D eigenvalue weighted by atomic mass is 32.2. The van der Waals surface area contributed by atoms with E-state index < -0.39 is 10.1 Å². The summed E-state index contributed by atoms with van der Waals surface area (Å²) in [4.78, 5) is 2.08. The van der Waals surface area contributed by atoms with Gasteiger partial charge in [-0.3, -0.25) is 0 Å². The van der Waals surface area contributed by atoms with Crippen molar-refractivity contribution >= 4 is 38.5 Å². The zero-order valence-corrected chi connectivity index (χ0v) is 28.5. The molecule has 0 saturated heterocycles. The molecule has 242 valence electrons. The van der Waals surface area contributed by atoms with Gasteiger partial charge in [0.1, 0.15) is 16.7 Å². The fourth-order valence-electron chi connectivity index (χ4n) is 5.79. The summed E-state index contributed by atoms with van der Waals surface area (Å²) in [7, 11) is -4.73. The normalized spacial score (nSPS) is 13.0. The molecule has 0 fully saturated rings. The maximum Gasteiger partial charge on any atom is 0.205 e. The molecule has 5 rings (SSSR count). The summed E-state index contributed by atoms with van der Waals surface area (Å²) in [5.41, 5.74) is 7.06. The lowest BCUT2D eigenvalue weighted by atomic mass is 9.90. The van der Waals surface area contributed by atoms with Crippen LogP contribution in [-0.2, 0) is 10.1 Å². The third-order valence-corrected chi connectivity index (χ3v) is 9.25. The minimum atomic E-state index is -4.73. The largest absolute Gasteiger partial charge is 0.744 e. The standard InChI is InChI=1S/C41H44N2O3S/c1-31(2)27-29-42(35-13-7-5-8-14-35)37-23-19-33(20-24-37)41(39-17-11-12-18-40(39)47(44,45)46)34-21-25-38(26-22-34)43(30-28-32(3)4)36-15-9-6-10-16-36/h5-26,31-32H,27-30H2,1-4H3. The predicted molar refractivity (Wildman–Crippen MR) is 194 cm³/mol. The molecule has 0 spiro atoms. The topological polar surface area (TPSA) is 63.5 Å². The van der Waals surface area contributed by atoms with E-state index in [1.165, 1.54) is 6.07 Å². The van der Waals surface area contributed by atoms with E-state index in [1.807, 2.05) is 60.7 Å². The minimum Gasteiger partial charge on any atom is -0.744 e. The van der Waals surface area contributed by atoms with Crippen molar-refractivity contribution in [2.24, 2.45) is 11.8 Å². The van der Waals surface area contributed by atoms with Crippen LogP contribution in [0.3, 0.4) is 0 Å². The molecule has 0 amide bonds. The van der Waals surface area contributed by atoms with Crippen molar-refractivity contribution in [2.45, 2.75) is 45.4 Å². The van der Waals surface area contributed by atoms with E-state index >= 15 is 0 Å². The fraction of sp³-hybridized carbons (Fsp3) is 0.244. The molecular formula is C41H44N2O3S. The van der Waals surface area contributed by atoms with E-state index in [0.717, 1.165) is 59.8 Å². The van der Waals surface area contributed by atoms with Gasteiger partial charge in [0.05, 0.1) is 4.90 Å². The molecule has 0 radical (unpaired) electrons. The second kappa shape index (κ2) is 15.4. The molecule has 0 unspecified atom stereocenters. The Hall–Kier alpha value is -4.52. The summed E-state index contributed by atoms with van der Waals surface area (Å²) < 4.78 is 39.8. The van der Waals surface area contributed by atoms with Gasteiger partial charge < -0.3 is 9.45 Å². The van der Waals surface area contributed by atoms with Crippen LogP contribution in [0.2, 0.25) is 0 Å². The maximum absolute atomic E-state index is 12.5. The van der Waals surface area contributed by atoms with E-state index in [2.05, 4.69) is 85.7 Å². The van der Waals surface area contributed by atoms with Gasteiger partial charge in [-0.25, -0.2) is 8.42 Å². The molecule has 6 heteroatoms. The average Bonchev–Trinajstić information content (AvgIpc) is 3.07. The molecule has 0 N–H and O–H groups in total. The second-order valence-electron chi connectivity index (χ2n) is 12.8. The molecule has 47 heavy (non-hydrogen) atoms. The molecule has 0 heterocycles. The molecule has 0 saturated carbocycles. The van der Waals surface area contributed by atoms with E-state index in [0.29, 0.717) is 23.0 Å². The van der Waals surface area contributed by atoms with Crippen LogP contribution in [0.25, 0.3) is 5.57 Å². The quantitative estimate of drug-likeness (QED) is 0.114. The summed E-state index contributed by atoms with van der Waals surface area (Å²) in [5, 5.41) is 0. The summed E-state index contributed by atoms with van der Waals surface area (Å²) in [6.45, 7) is 10.6. The third-order valence-electron chi connectivity index (χ3n) is 8.36. The van der Waals surface area contributed by atoms with Crippen molar-refractivity contribution in [1.29, 1.82) is 0 Å². The van der Waals surface area contributed by atoms with Crippen molar-refractivity contribution in [3.05, 3.63) is 150 Å². The zero-order chi connectivity index (χ0) is 33.4. The monoisotopic (exact) mass is 644 g/mol. The van der Waals surface area contributed by atoms with Gasteiger partial charge in [0.25, 0.3) is 0 Å². The third kappa shape index (κ3) is 8.64. The van der Waals surface area contributed by atoms with Crippen LogP contribution in [0.5, 0.6) is 0 Å². The van der Waals surface area contributed by atoms with E-state index in [1.54, 1.807) is 18.2 Å². The summed E-state index contributed by atoms with van der Waals surface area (Å²) in [6, 6.07) is 35.4. The van der Waals surface area contributed by atoms with Gasteiger partial charge in [-0.2, -0.15) is 4.58 Å². The fourth-order valence-corrected chi connectivity index (χ4v) is 6.47. The Bertz CT molecular complexity index is 1870. The lowest BCUT2D eigenvalue weighted by molar-refractivity contribution is -0.440. The Kier molecular flexibility index (Phi) is 11.1. The van der Waals surface area contributed by atoms with Crippen LogP contribution < -0.4 is 4.90 Å². The first-order valence-electron chi connectivity index (χ1n) is 16.4. The number of benzene rings is 4. The molecule has 4 aromatic rings. The SMILES string of the molecule is CC(C)CCN(c1ccccc1)c1ccc(C(=C2C=CC(=[N+](CCC(C)C)c3ccccc3)C=C2)c2ccccc2S(=O)(=O)[O-])cc1. The molecule has 0 aliphatic heterocycles. The van der Waals surface area contributed by atoms with Crippen LogP contribution in [0.15, 0.2) is 144 Å². The number of hydrogen-bond acceptors (Lipinski definition) is 4. The molecule has 0 aromatic heterocycles. The first kappa shape index (κ1) is 33.8. The number of allylic oxidation sites excluding steroid dienone is 5. The van der Waals surface area contributed by atoms with Crippen molar-refractivity contribution < 1.29 is 17.5 Å². The second-order valence-corrected chi connectivity index (χ2v) is 14.1. The van der Waals surface area contributed by atoms with Gasteiger partial charge in [0.15, 0.2) is 0 Å². The maximum atomic E-state index is 12.5. The Morgan fingerprint density at radius 2 is 1.23 bits per heavy atom. The smallest absolute Gasteiger partial charge is 0.205 e. The first-order chi connectivity index (χ1) is 22.6. The van der Waals surface area contributed by atoms with Crippen LogP contribution in [-0.4, -0.2) is 36.3 Å². The molecule has 0 atom stereocenters. The highest BCUT2D eigenvalue weighted by Gasteiger charge is 2.21. The van der Waals surface area contributed by atoms with Crippen LogP contribution in [0.1, 0.15) is 51.7 Å². The van der Waals surface area contributed by atoms with E-state index in [4.69, 9.17) is 0 Å². The number of nitrogens with zero attached hydrogens (tertiary/aromatic N) is 2. The molecule has 4 aromatic carbocycles. The van der Waals surface area contributed by atoms with Gasteiger partial charge in [0.2, 0.25) is 11.4 Å². The highest BCUT2D eigenvalue weighted by molar-refractivity contribution is 7.85. The van der Waals surface area contributed by atoms with Crippen LogP contribution in [0.4, 0.5) is 17.1 Å². The summed E-state index contributed by atoms with van der Waals surface area (Å²) >= 11 is 0. The Morgan fingerprint density at radius 1 is 0.681 bits per heavy atom. The number of para-hydroxylation sites is 2. The molecular weight excluding hydrogens is 601 g/mol. The van der Waals surface area contributed by atoms with Crippen LogP contribution in [0, 0.1) is 11.8 Å². The molecule has 0 bridgehead atoms. The Morgan fingerprint density at radius 3 is 1.83 bits per heavy atom. The molecule has 5 nitrogen and oxygen atoms in total. The molecule has 1 aliphatic carbocycles. The number of hydrogen-bond donors (Lipinski definition) is 0. The van der Waals surface area contributed by atoms with Gasteiger partial charge in [0, 0.05) is 54.2 Å². The van der Waals surface area contributed by atoms with Gasteiger partial charge in [-0.1, -0.05) is 94.4 Å². The van der Waals surface area contributed by atoms with Gasteiger partial charge in [-0.15, -0.1) is 0 Å². The van der Waals surface area contributed by atoms with E-state index in [9.17, 15) is 13.0 Å². The van der Waals surface area contributed by atoms with Crippen molar-refractivity contribution in [3.63, 3.8) is 0 Å². The summed E-state index contributed by atoms with van der Waals surface area (Å²) in [6.07, 6.45) is 10.3. The Balaban J connectivity index is 1.62. The van der Waals surface area contributed by atoms with Crippen molar-refractivity contribution in [2.75, 3.05) is 18.0 Å². The highest BCUT2D eigenvalue weighted by Crippen LogP contribution is 2.36. The van der Waals surface area contributed by atoms with Crippen molar-refractivity contribution in [1.82, 2.24) is 0 Å². The van der Waals surface area contributed by atoms with E-state index in [-0.39, 0.29) is 4.90 Å². The Labute approximate surface area is 280 Å². The first-order valence-corrected chi connectivity index (χ1v) is 17.8. The van der Waals surface area contributed by atoms with Gasteiger partial charge >= 0.3 is 0 Å². The van der Waals surface area contributed by atoms with Gasteiger partial charge in [-0.05, 0) is 77.5 Å². The average molecular weight is 645 g/mol. The molecule has 1 aliphatic rings. The number of anilines is 2. The number of rotatable bonds is 12. The predicted octanol–water partition coefficient (Wildman–Crippen LogP) is 9.53. The van der Waals surface area contributed by atoms with Crippen molar-refractivity contribution in [3.8, 4) is 0 Å². The lowest BCUT2D eigenvalue weighted by Gasteiger charge is -2.26. The lowest BCUT2D eigenvalue weighted by Crippen LogP contribution is -2.19. The zero-order valence-electron chi connectivity index (χ0n) is 27.7. The summed E-state index contributed by atoms with van der Waals surface area (Å²) in [5.74, 6) is 1.11. The van der Waals surface area contributed by atoms with Crippen LogP contribution >= 0.6 is 0 Å². The minimum absolute atomic E-state index is 0.228.